The summed E-state index contributed by atoms with van der Waals surface area (Å²) in [6.45, 7) is 1.83. The molecule has 0 radical (unpaired) electrons. The Labute approximate surface area is 93.0 Å². The van der Waals surface area contributed by atoms with E-state index < -0.39 is 5.54 Å². The first-order valence-electron chi connectivity index (χ1n) is 4.67. The van der Waals surface area contributed by atoms with Gasteiger partial charge in [-0.1, -0.05) is 42.1 Å². The molecule has 0 aliphatic carbocycles. The average molecular weight is 220 g/mol. The van der Waals surface area contributed by atoms with E-state index in [1.165, 1.54) is 11.8 Å². The molecule has 2 rings (SSSR count). The second kappa shape index (κ2) is 3.70. The van der Waals surface area contributed by atoms with E-state index in [2.05, 4.69) is 10.3 Å². The normalized spacial score (nSPS) is 24.9. The number of rotatable bonds is 1. The summed E-state index contributed by atoms with van der Waals surface area (Å²) < 4.78 is 0. The van der Waals surface area contributed by atoms with Crippen LogP contribution in [0.1, 0.15) is 12.5 Å². The Morgan fingerprint density at radius 1 is 1.33 bits per heavy atom. The van der Waals surface area contributed by atoms with Gasteiger partial charge in [-0.15, -0.1) is 0 Å². The number of amides is 1. The minimum Gasteiger partial charge on any atom is -0.303 e. The van der Waals surface area contributed by atoms with Gasteiger partial charge in [-0.05, 0) is 18.7 Å². The third kappa shape index (κ3) is 1.65. The lowest BCUT2D eigenvalue weighted by Crippen LogP contribution is -2.34. The number of aliphatic imine (C=N–C) groups is 1. The molecule has 1 aromatic rings. The third-order valence-electron chi connectivity index (χ3n) is 2.52. The maximum Gasteiger partial charge on any atom is 0.258 e. The molecule has 0 saturated heterocycles. The van der Waals surface area contributed by atoms with Crippen molar-refractivity contribution >= 4 is 22.8 Å². The summed E-state index contributed by atoms with van der Waals surface area (Å²) in [5, 5.41) is 3.45. The molecule has 0 bridgehead atoms. The van der Waals surface area contributed by atoms with Crippen molar-refractivity contribution in [2.45, 2.75) is 12.5 Å². The fourth-order valence-corrected chi connectivity index (χ4v) is 2.02. The lowest BCUT2D eigenvalue weighted by atomic mass is 9.93. The van der Waals surface area contributed by atoms with E-state index in [-0.39, 0.29) is 5.91 Å². The van der Waals surface area contributed by atoms with Crippen molar-refractivity contribution in [2.24, 2.45) is 4.99 Å². The topological polar surface area (TPSA) is 41.5 Å². The molecule has 0 unspecified atom stereocenters. The van der Waals surface area contributed by atoms with Gasteiger partial charge < -0.3 is 5.32 Å². The van der Waals surface area contributed by atoms with Gasteiger partial charge in [0.1, 0.15) is 0 Å². The predicted molar refractivity (Wildman–Crippen MR) is 62.9 cm³/mol. The van der Waals surface area contributed by atoms with Crippen LogP contribution in [0.3, 0.4) is 0 Å². The minimum absolute atomic E-state index is 0.0574. The molecule has 0 spiro atoms. The Balaban J connectivity index is 2.43. The summed E-state index contributed by atoms with van der Waals surface area (Å²) in [5.41, 5.74) is 0.158. The maximum absolute atomic E-state index is 11.8. The Morgan fingerprint density at radius 3 is 2.53 bits per heavy atom. The summed E-state index contributed by atoms with van der Waals surface area (Å²) in [7, 11) is 0. The van der Waals surface area contributed by atoms with Gasteiger partial charge >= 0.3 is 0 Å². The minimum atomic E-state index is -0.764. The Hall–Kier alpha value is -1.29. The van der Waals surface area contributed by atoms with E-state index in [4.69, 9.17) is 0 Å². The summed E-state index contributed by atoms with van der Waals surface area (Å²) in [6, 6.07) is 9.61. The van der Waals surface area contributed by atoms with Crippen LogP contribution in [0.25, 0.3) is 0 Å². The number of carbonyl (C=O) groups is 1. The van der Waals surface area contributed by atoms with Gasteiger partial charge in [0, 0.05) is 0 Å². The van der Waals surface area contributed by atoms with Crippen molar-refractivity contribution in [3.63, 3.8) is 0 Å². The fraction of sp³-hybridized carbons (Fsp3) is 0.273. The van der Waals surface area contributed by atoms with E-state index in [0.29, 0.717) is 5.17 Å². The molecule has 3 nitrogen and oxygen atoms in total. The van der Waals surface area contributed by atoms with Crippen molar-refractivity contribution in [1.29, 1.82) is 0 Å². The summed E-state index contributed by atoms with van der Waals surface area (Å²) in [6.07, 6.45) is 1.90. The Bertz CT molecular complexity index is 416. The molecule has 1 aromatic carbocycles. The van der Waals surface area contributed by atoms with Crippen molar-refractivity contribution in [1.82, 2.24) is 5.32 Å². The Morgan fingerprint density at radius 2 is 2.00 bits per heavy atom. The zero-order valence-corrected chi connectivity index (χ0v) is 9.47. The van der Waals surface area contributed by atoms with E-state index in [0.717, 1.165) is 5.56 Å². The molecule has 4 heteroatoms. The second-order valence-corrected chi connectivity index (χ2v) is 4.31. The fourth-order valence-electron chi connectivity index (χ4n) is 1.56. The molecular formula is C11H12N2OS. The molecule has 78 valence electrons. The molecule has 1 amide bonds. The summed E-state index contributed by atoms with van der Waals surface area (Å²) in [4.78, 5) is 16.2. The van der Waals surface area contributed by atoms with E-state index in [9.17, 15) is 4.79 Å². The van der Waals surface area contributed by atoms with Crippen LogP contribution in [0.5, 0.6) is 0 Å². The molecule has 0 aromatic heterocycles. The van der Waals surface area contributed by atoms with Gasteiger partial charge in [0.05, 0.1) is 0 Å². The highest BCUT2D eigenvalue weighted by molar-refractivity contribution is 8.13. The van der Waals surface area contributed by atoms with Crippen molar-refractivity contribution in [3.8, 4) is 0 Å². The van der Waals surface area contributed by atoms with Crippen LogP contribution in [-0.4, -0.2) is 17.3 Å². The smallest absolute Gasteiger partial charge is 0.258 e. The first-order chi connectivity index (χ1) is 7.16. The molecule has 0 saturated carbocycles. The maximum atomic E-state index is 11.8. The number of amidine groups is 1. The van der Waals surface area contributed by atoms with Crippen LogP contribution in [0.4, 0.5) is 0 Å². The quantitative estimate of drug-likeness (QED) is 0.783. The number of nitrogens with one attached hydrogen (secondary N) is 1. The standard InChI is InChI=1S/C11H12N2OS/c1-11(8-6-4-3-5-7-8)9(14)12-10(13-11)15-2/h3-7H,1-2H3,(H,12,13,14)/t11-/m0/s1. The molecule has 1 N–H and O–H groups in total. The van der Waals surface area contributed by atoms with Crippen LogP contribution in [0.15, 0.2) is 35.3 Å². The zero-order chi connectivity index (χ0) is 10.9. The molecule has 15 heavy (non-hydrogen) atoms. The molecular weight excluding hydrogens is 208 g/mol. The number of hydrogen-bond donors (Lipinski definition) is 1. The average Bonchev–Trinajstić information content (AvgIpc) is 2.57. The van der Waals surface area contributed by atoms with Gasteiger partial charge in [-0.25, -0.2) is 4.99 Å². The summed E-state index contributed by atoms with van der Waals surface area (Å²) >= 11 is 1.45. The van der Waals surface area contributed by atoms with Gasteiger partial charge in [0.25, 0.3) is 5.91 Å². The molecule has 1 atom stereocenters. The number of nitrogens with zero attached hydrogens (tertiary/aromatic N) is 1. The van der Waals surface area contributed by atoms with Gasteiger partial charge in [0.2, 0.25) is 0 Å². The van der Waals surface area contributed by atoms with Crippen LogP contribution < -0.4 is 5.32 Å². The molecule has 0 fully saturated rings. The van der Waals surface area contributed by atoms with Gasteiger partial charge in [-0.3, -0.25) is 4.79 Å². The second-order valence-electron chi connectivity index (χ2n) is 3.51. The summed E-state index contributed by atoms with van der Waals surface area (Å²) in [5.74, 6) is -0.0574. The monoisotopic (exact) mass is 220 g/mol. The number of thioether (sulfide) groups is 1. The molecule has 1 aliphatic heterocycles. The van der Waals surface area contributed by atoms with Crippen LogP contribution in [0.2, 0.25) is 0 Å². The van der Waals surface area contributed by atoms with Crippen LogP contribution >= 0.6 is 11.8 Å². The largest absolute Gasteiger partial charge is 0.303 e. The van der Waals surface area contributed by atoms with Crippen LogP contribution in [-0.2, 0) is 10.3 Å². The molecule has 1 heterocycles. The van der Waals surface area contributed by atoms with Crippen molar-refractivity contribution in [3.05, 3.63) is 35.9 Å². The first kappa shape index (κ1) is 10.2. The van der Waals surface area contributed by atoms with Crippen LogP contribution in [0, 0.1) is 0 Å². The lowest BCUT2D eigenvalue weighted by Gasteiger charge is -2.17. The number of carbonyl (C=O) groups excluding carboxylic acids is 1. The lowest BCUT2D eigenvalue weighted by molar-refractivity contribution is -0.123. The van der Waals surface area contributed by atoms with E-state index in [1.807, 2.05) is 43.5 Å². The van der Waals surface area contributed by atoms with Crippen molar-refractivity contribution in [2.75, 3.05) is 6.26 Å². The number of benzene rings is 1. The van der Waals surface area contributed by atoms with Gasteiger partial charge in [0.15, 0.2) is 10.7 Å². The van der Waals surface area contributed by atoms with Gasteiger partial charge in [-0.2, -0.15) is 0 Å². The zero-order valence-electron chi connectivity index (χ0n) is 8.65. The molecule has 1 aliphatic rings. The van der Waals surface area contributed by atoms with E-state index >= 15 is 0 Å². The number of hydrogen-bond acceptors (Lipinski definition) is 3. The van der Waals surface area contributed by atoms with E-state index in [1.54, 1.807) is 0 Å². The highest BCUT2D eigenvalue weighted by atomic mass is 32.2. The Kier molecular flexibility index (Phi) is 2.52. The predicted octanol–water partition coefficient (Wildman–Crippen LogP) is 1.75. The first-order valence-corrected chi connectivity index (χ1v) is 5.90. The SMILES string of the molecule is CSC1=N[C@@](C)(c2ccccc2)C(=O)N1. The highest BCUT2D eigenvalue weighted by Crippen LogP contribution is 2.30. The van der Waals surface area contributed by atoms with Crippen molar-refractivity contribution < 1.29 is 4.79 Å². The third-order valence-corrected chi connectivity index (χ3v) is 3.10. The highest BCUT2D eigenvalue weighted by Gasteiger charge is 2.40.